The first kappa shape index (κ1) is 11.4. The fraction of sp³-hybridized carbons (Fsp3) is 0.143. The minimum atomic E-state index is -4.89. The molecule has 76 valence electrons. The zero-order valence-corrected chi connectivity index (χ0v) is 7.51. The van der Waals surface area contributed by atoms with Crippen molar-refractivity contribution < 1.29 is 22.8 Å². The van der Waals surface area contributed by atoms with E-state index in [4.69, 9.17) is 16.6 Å². The van der Waals surface area contributed by atoms with Crippen LogP contribution in [-0.2, 0) is 4.65 Å². The van der Waals surface area contributed by atoms with Crippen molar-refractivity contribution >= 4 is 24.2 Å². The summed E-state index contributed by atoms with van der Waals surface area (Å²) in [4.78, 5) is 0. The largest absolute Gasteiger partial charge is 0.510 e. The second-order valence-corrected chi connectivity index (χ2v) is 2.84. The average Bonchev–Trinajstić information content (AvgIpc) is 2.01. The van der Waals surface area contributed by atoms with Gasteiger partial charge >= 0.3 is 13.5 Å². The molecular weight excluding hydrogens is 219 g/mol. The fourth-order valence-corrected chi connectivity index (χ4v) is 1.09. The van der Waals surface area contributed by atoms with Gasteiger partial charge in [0.15, 0.2) is 0 Å². The summed E-state index contributed by atoms with van der Waals surface area (Å²) in [6.07, 6.45) is -4.89. The Hall–Kier alpha value is -0.715. The number of halogens is 4. The number of rotatable bonds is 2. The average molecular weight is 224 g/mol. The normalized spacial score (nSPS) is 11.5. The van der Waals surface area contributed by atoms with E-state index in [9.17, 15) is 13.2 Å². The van der Waals surface area contributed by atoms with Crippen molar-refractivity contribution in [2.75, 3.05) is 0 Å². The van der Waals surface area contributed by atoms with Crippen LogP contribution in [0.1, 0.15) is 0 Å². The Kier molecular flexibility index (Phi) is 3.41. The predicted octanol–water partition coefficient (Wildman–Crippen LogP) is 1.56. The van der Waals surface area contributed by atoms with Gasteiger partial charge in [0.1, 0.15) is 0 Å². The quantitative estimate of drug-likeness (QED) is 0.773. The Morgan fingerprint density at radius 2 is 1.86 bits per heavy atom. The third kappa shape index (κ3) is 3.21. The molecule has 0 atom stereocenters. The molecule has 14 heavy (non-hydrogen) atoms. The number of hydrogen-bond acceptors (Lipinski definition) is 2. The van der Waals surface area contributed by atoms with Gasteiger partial charge in [-0.15, -0.1) is 13.2 Å². The molecule has 0 aliphatic heterocycles. The van der Waals surface area contributed by atoms with E-state index >= 15 is 0 Å². The molecule has 1 rings (SSSR count). The first-order chi connectivity index (χ1) is 6.40. The van der Waals surface area contributed by atoms with E-state index in [2.05, 4.69) is 4.65 Å². The highest BCUT2D eigenvalue weighted by Gasteiger charge is 2.36. The monoisotopic (exact) mass is 224 g/mol. The zero-order chi connectivity index (χ0) is 10.8. The van der Waals surface area contributed by atoms with Gasteiger partial charge in [-0.3, -0.25) is 0 Å². The van der Waals surface area contributed by atoms with Gasteiger partial charge in [-0.1, -0.05) is 29.8 Å². The van der Waals surface area contributed by atoms with E-state index in [1.54, 1.807) is 0 Å². The molecule has 0 radical (unpaired) electrons. The lowest BCUT2D eigenvalue weighted by Crippen LogP contribution is -2.39. The Balaban J connectivity index is 2.80. The van der Waals surface area contributed by atoms with Crippen LogP contribution in [0.25, 0.3) is 0 Å². The standard InChI is InChI=1S/C7H5BClF3O2/c9-6-4-2-1-3-5(6)8(13)14-7(10,11)12/h1-4,13H. The first-order valence-corrected chi connectivity index (χ1v) is 3.95. The van der Waals surface area contributed by atoms with Gasteiger partial charge in [-0.2, -0.15) is 0 Å². The lowest BCUT2D eigenvalue weighted by molar-refractivity contribution is -0.282. The van der Waals surface area contributed by atoms with Crippen LogP contribution in [0.2, 0.25) is 5.02 Å². The third-order valence-corrected chi connectivity index (χ3v) is 1.76. The van der Waals surface area contributed by atoms with E-state index in [1.807, 2.05) is 0 Å². The van der Waals surface area contributed by atoms with E-state index in [0.29, 0.717) is 0 Å². The summed E-state index contributed by atoms with van der Waals surface area (Å²) in [5, 5.41) is 9.03. The second-order valence-electron chi connectivity index (χ2n) is 2.44. The number of alkyl halides is 3. The van der Waals surface area contributed by atoms with Gasteiger partial charge in [-0.05, 0) is 6.07 Å². The molecule has 1 aromatic carbocycles. The van der Waals surface area contributed by atoms with Gasteiger partial charge < -0.3 is 9.68 Å². The zero-order valence-electron chi connectivity index (χ0n) is 6.75. The van der Waals surface area contributed by atoms with Crippen molar-refractivity contribution in [1.29, 1.82) is 0 Å². The van der Waals surface area contributed by atoms with Crippen molar-refractivity contribution in [3.8, 4) is 0 Å². The van der Waals surface area contributed by atoms with E-state index < -0.39 is 13.5 Å². The molecule has 1 N–H and O–H groups in total. The van der Waals surface area contributed by atoms with Crippen LogP contribution in [0.3, 0.4) is 0 Å². The van der Waals surface area contributed by atoms with Crippen LogP contribution < -0.4 is 5.46 Å². The molecule has 0 amide bonds. The van der Waals surface area contributed by atoms with E-state index in [-0.39, 0.29) is 10.5 Å². The molecule has 0 saturated heterocycles. The molecule has 0 spiro atoms. The summed E-state index contributed by atoms with van der Waals surface area (Å²) < 4.78 is 38.5. The van der Waals surface area contributed by atoms with Crippen LogP contribution >= 0.6 is 11.6 Å². The Bertz CT molecular complexity index is 318. The topological polar surface area (TPSA) is 29.5 Å². The lowest BCUT2D eigenvalue weighted by Gasteiger charge is -2.11. The highest BCUT2D eigenvalue weighted by molar-refractivity contribution is 6.63. The first-order valence-electron chi connectivity index (χ1n) is 3.57. The van der Waals surface area contributed by atoms with Crippen molar-refractivity contribution in [3.05, 3.63) is 29.3 Å². The van der Waals surface area contributed by atoms with E-state index in [0.717, 1.165) is 0 Å². The van der Waals surface area contributed by atoms with Crippen LogP contribution in [0.4, 0.5) is 13.2 Å². The van der Waals surface area contributed by atoms with Gasteiger partial charge in [0.05, 0.1) is 0 Å². The molecule has 1 aromatic rings. The van der Waals surface area contributed by atoms with Crippen molar-refractivity contribution in [2.24, 2.45) is 0 Å². The van der Waals surface area contributed by atoms with Crippen molar-refractivity contribution in [1.82, 2.24) is 0 Å². The summed E-state index contributed by atoms with van der Waals surface area (Å²) in [6, 6.07) is 5.59. The molecule has 0 unspecified atom stereocenters. The maximum absolute atomic E-state index is 11.7. The fourth-order valence-electron chi connectivity index (χ4n) is 0.865. The highest BCUT2D eigenvalue weighted by Crippen LogP contribution is 2.17. The molecule has 0 aromatic heterocycles. The van der Waals surface area contributed by atoms with Gasteiger partial charge in [0, 0.05) is 10.5 Å². The summed E-state index contributed by atoms with van der Waals surface area (Å²) in [7, 11) is -2.09. The molecule has 0 bridgehead atoms. The summed E-state index contributed by atoms with van der Waals surface area (Å²) in [5.74, 6) is 0. The van der Waals surface area contributed by atoms with Crippen molar-refractivity contribution in [3.63, 3.8) is 0 Å². The number of benzene rings is 1. The minimum Gasteiger partial charge on any atom is -0.423 e. The maximum atomic E-state index is 11.7. The lowest BCUT2D eigenvalue weighted by atomic mass is 9.80. The van der Waals surface area contributed by atoms with Crippen LogP contribution in [0.5, 0.6) is 0 Å². The van der Waals surface area contributed by atoms with Gasteiger partial charge in [-0.25, -0.2) is 0 Å². The highest BCUT2D eigenvalue weighted by atomic mass is 35.5. The third-order valence-electron chi connectivity index (χ3n) is 1.42. The Labute approximate surface area is 83.4 Å². The van der Waals surface area contributed by atoms with Crippen LogP contribution in [0, 0.1) is 0 Å². The summed E-state index contributed by atoms with van der Waals surface area (Å²) >= 11 is 5.54. The molecular formula is C7H5BClF3O2. The second kappa shape index (κ2) is 4.21. The van der Waals surface area contributed by atoms with Crippen LogP contribution in [0.15, 0.2) is 24.3 Å². The SMILES string of the molecule is OB(OC(F)(F)F)c1ccccc1Cl. The Morgan fingerprint density at radius 3 is 2.36 bits per heavy atom. The van der Waals surface area contributed by atoms with Crippen LogP contribution in [-0.4, -0.2) is 18.5 Å². The molecule has 0 fully saturated rings. The summed E-state index contributed by atoms with van der Waals surface area (Å²) in [6.45, 7) is 0. The number of hydrogen-bond donors (Lipinski definition) is 1. The van der Waals surface area contributed by atoms with Gasteiger partial charge in [0.2, 0.25) is 0 Å². The van der Waals surface area contributed by atoms with Crippen molar-refractivity contribution in [2.45, 2.75) is 6.36 Å². The molecule has 2 nitrogen and oxygen atoms in total. The van der Waals surface area contributed by atoms with E-state index in [1.165, 1.54) is 24.3 Å². The maximum Gasteiger partial charge on any atom is 0.510 e. The molecule has 0 heterocycles. The predicted molar refractivity (Wildman–Crippen MR) is 46.2 cm³/mol. The molecule has 0 saturated carbocycles. The summed E-state index contributed by atoms with van der Waals surface area (Å²) in [5.41, 5.74) is -0.119. The molecule has 7 heteroatoms. The smallest absolute Gasteiger partial charge is 0.423 e. The Morgan fingerprint density at radius 1 is 1.29 bits per heavy atom. The minimum absolute atomic E-state index is 0.0178. The molecule has 0 aliphatic rings. The van der Waals surface area contributed by atoms with Gasteiger partial charge in [0.25, 0.3) is 0 Å². The molecule has 0 aliphatic carbocycles.